The molecule has 0 amide bonds. The summed E-state index contributed by atoms with van der Waals surface area (Å²) in [5, 5.41) is 0. The van der Waals surface area contributed by atoms with Gasteiger partial charge in [-0.2, -0.15) is 0 Å². The molecule has 2 aromatic rings. The molecule has 94 valence electrons. The SMILES string of the molecule is Cc1cc(Br)c(C(=O)c2cc3c(s2)CCCC3)s1. The van der Waals surface area contributed by atoms with Gasteiger partial charge in [-0.3, -0.25) is 4.79 Å². The molecule has 2 heterocycles. The molecule has 4 heteroatoms. The van der Waals surface area contributed by atoms with Crippen LogP contribution in [-0.2, 0) is 12.8 Å². The van der Waals surface area contributed by atoms with Crippen LogP contribution in [0, 0.1) is 6.92 Å². The fourth-order valence-electron chi connectivity index (χ4n) is 2.35. The molecule has 1 aliphatic carbocycles. The summed E-state index contributed by atoms with van der Waals surface area (Å²) in [5.74, 6) is 0.180. The average Bonchev–Trinajstić information content (AvgIpc) is 2.91. The van der Waals surface area contributed by atoms with Gasteiger partial charge in [0.05, 0.1) is 9.75 Å². The molecule has 0 bridgehead atoms. The minimum atomic E-state index is 0.180. The van der Waals surface area contributed by atoms with E-state index in [1.54, 1.807) is 22.7 Å². The van der Waals surface area contributed by atoms with E-state index in [0.717, 1.165) is 27.1 Å². The maximum Gasteiger partial charge on any atom is 0.214 e. The Bertz CT molecular complexity index is 586. The topological polar surface area (TPSA) is 17.1 Å². The summed E-state index contributed by atoms with van der Waals surface area (Å²) >= 11 is 6.75. The maximum atomic E-state index is 12.5. The summed E-state index contributed by atoms with van der Waals surface area (Å²) < 4.78 is 0.932. The lowest BCUT2D eigenvalue weighted by Gasteiger charge is -2.08. The lowest BCUT2D eigenvalue weighted by Crippen LogP contribution is -1.97. The van der Waals surface area contributed by atoms with E-state index in [1.807, 2.05) is 13.0 Å². The molecule has 0 spiro atoms. The van der Waals surface area contributed by atoms with Crippen LogP contribution in [0.4, 0.5) is 0 Å². The molecular formula is C14H13BrOS2. The highest BCUT2D eigenvalue weighted by Gasteiger charge is 2.21. The molecule has 0 saturated heterocycles. The monoisotopic (exact) mass is 340 g/mol. The minimum Gasteiger partial charge on any atom is -0.287 e. The molecule has 1 nitrogen and oxygen atoms in total. The van der Waals surface area contributed by atoms with E-state index in [1.165, 1.54) is 28.2 Å². The van der Waals surface area contributed by atoms with Crippen molar-refractivity contribution in [3.05, 3.63) is 41.7 Å². The van der Waals surface area contributed by atoms with Crippen molar-refractivity contribution in [3.8, 4) is 0 Å². The lowest BCUT2D eigenvalue weighted by molar-refractivity contribution is 0.104. The summed E-state index contributed by atoms with van der Waals surface area (Å²) in [7, 11) is 0. The van der Waals surface area contributed by atoms with E-state index in [9.17, 15) is 4.79 Å². The second kappa shape index (κ2) is 4.91. The molecule has 0 aliphatic heterocycles. The molecule has 18 heavy (non-hydrogen) atoms. The van der Waals surface area contributed by atoms with E-state index < -0.39 is 0 Å². The van der Waals surface area contributed by atoms with Gasteiger partial charge in [0.25, 0.3) is 0 Å². The van der Waals surface area contributed by atoms with Crippen LogP contribution in [0.2, 0.25) is 0 Å². The third-order valence-electron chi connectivity index (χ3n) is 3.24. The second-order valence-corrected chi connectivity index (χ2v) is 7.88. The summed E-state index contributed by atoms with van der Waals surface area (Å²) in [6.07, 6.45) is 4.82. The normalized spacial score (nSPS) is 14.6. The zero-order chi connectivity index (χ0) is 12.7. The highest BCUT2D eigenvalue weighted by molar-refractivity contribution is 9.10. The number of halogens is 1. The van der Waals surface area contributed by atoms with Gasteiger partial charge < -0.3 is 0 Å². The van der Waals surface area contributed by atoms with Crippen molar-refractivity contribution in [3.63, 3.8) is 0 Å². The van der Waals surface area contributed by atoms with Gasteiger partial charge in [-0.25, -0.2) is 0 Å². The van der Waals surface area contributed by atoms with Crippen LogP contribution in [0.1, 0.15) is 42.7 Å². The number of aryl methyl sites for hydroxylation is 3. The van der Waals surface area contributed by atoms with Crippen LogP contribution < -0.4 is 0 Å². The van der Waals surface area contributed by atoms with Crippen molar-refractivity contribution >= 4 is 44.4 Å². The third-order valence-corrected chi connectivity index (χ3v) is 6.41. The lowest BCUT2D eigenvalue weighted by atomic mass is 9.99. The summed E-state index contributed by atoms with van der Waals surface area (Å²) in [5.41, 5.74) is 1.40. The number of rotatable bonds is 2. The van der Waals surface area contributed by atoms with Gasteiger partial charge >= 0.3 is 0 Å². The number of hydrogen-bond acceptors (Lipinski definition) is 3. The van der Waals surface area contributed by atoms with Gasteiger partial charge in [0.2, 0.25) is 5.78 Å². The minimum absolute atomic E-state index is 0.180. The first-order valence-corrected chi connectivity index (χ1v) is 8.50. The van der Waals surface area contributed by atoms with Gasteiger partial charge in [0.15, 0.2) is 0 Å². The highest BCUT2D eigenvalue weighted by atomic mass is 79.9. The van der Waals surface area contributed by atoms with Gasteiger partial charge in [-0.1, -0.05) is 0 Å². The number of carbonyl (C=O) groups is 1. The summed E-state index contributed by atoms with van der Waals surface area (Å²) in [6, 6.07) is 4.13. The Hall–Kier alpha value is -0.450. The molecule has 3 rings (SSSR count). The fraction of sp³-hybridized carbons (Fsp3) is 0.357. The Morgan fingerprint density at radius 3 is 2.67 bits per heavy atom. The van der Waals surface area contributed by atoms with E-state index in [4.69, 9.17) is 0 Å². The van der Waals surface area contributed by atoms with Gasteiger partial charge in [-0.15, -0.1) is 22.7 Å². The van der Waals surface area contributed by atoms with Gasteiger partial charge in [-0.05, 0) is 66.2 Å². The van der Waals surface area contributed by atoms with Crippen molar-refractivity contribution in [2.45, 2.75) is 32.6 Å². The van der Waals surface area contributed by atoms with E-state index >= 15 is 0 Å². The predicted molar refractivity (Wildman–Crippen MR) is 81.1 cm³/mol. The number of hydrogen-bond donors (Lipinski definition) is 0. The summed E-state index contributed by atoms with van der Waals surface area (Å²) in [4.78, 5) is 16.8. The number of fused-ring (bicyclic) bond motifs is 1. The Morgan fingerprint density at radius 1 is 1.22 bits per heavy atom. The third kappa shape index (κ3) is 2.22. The van der Waals surface area contributed by atoms with Crippen LogP contribution in [0.5, 0.6) is 0 Å². The van der Waals surface area contributed by atoms with Crippen molar-refractivity contribution in [1.82, 2.24) is 0 Å². The number of thiophene rings is 2. The Morgan fingerprint density at radius 2 is 2.00 bits per heavy atom. The summed E-state index contributed by atoms with van der Waals surface area (Å²) in [6.45, 7) is 2.03. The number of carbonyl (C=O) groups excluding carboxylic acids is 1. The Balaban J connectivity index is 1.97. The molecule has 0 fully saturated rings. The first-order chi connectivity index (χ1) is 8.65. The maximum absolute atomic E-state index is 12.5. The van der Waals surface area contributed by atoms with Crippen molar-refractivity contribution in [2.75, 3.05) is 0 Å². The Labute approximate surface area is 123 Å². The van der Waals surface area contributed by atoms with E-state index in [2.05, 4.69) is 22.0 Å². The molecule has 0 saturated carbocycles. The molecule has 0 unspecified atom stereocenters. The average molecular weight is 341 g/mol. The molecule has 0 radical (unpaired) electrons. The molecule has 2 aromatic heterocycles. The molecule has 0 N–H and O–H groups in total. The predicted octanol–water partition coefficient (Wildman–Crippen LogP) is 4.99. The van der Waals surface area contributed by atoms with Gasteiger partial charge in [0, 0.05) is 14.2 Å². The van der Waals surface area contributed by atoms with Crippen LogP contribution in [0.3, 0.4) is 0 Å². The van der Waals surface area contributed by atoms with Crippen molar-refractivity contribution in [2.24, 2.45) is 0 Å². The quantitative estimate of drug-likeness (QED) is 0.703. The van der Waals surface area contributed by atoms with Crippen molar-refractivity contribution < 1.29 is 4.79 Å². The fourth-order valence-corrected chi connectivity index (χ4v) is 5.39. The zero-order valence-electron chi connectivity index (χ0n) is 10.1. The van der Waals surface area contributed by atoms with Crippen LogP contribution in [-0.4, -0.2) is 5.78 Å². The Kier molecular flexibility index (Phi) is 3.43. The van der Waals surface area contributed by atoms with Crippen LogP contribution >= 0.6 is 38.6 Å². The van der Waals surface area contributed by atoms with Gasteiger partial charge in [0.1, 0.15) is 0 Å². The first-order valence-electron chi connectivity index (χ1n) is 6.07. The van der Waals surface area contributed by atoms with Crippen LogP contribution in [0.15, 0.2) is 16.6 Å². The second-order valence-electron chi connectivity index (χ2n) is 4.63. The molecular weight excluding hydrogens is 328 g/mol. The van der Waals surface area contributed by atoms with E-state index in [0.29, 0.717) is 0 Å². The zero-order valence-corrected chi connectivity index (χ0v) is 13.3. The highest BCUT2D eigenvalue weighted by Crippen LogP contribution is 2.34. The first kappa shape index (κ1) is 12.6. The largest absolute Gasteiger partial charge is 0.287 e. The van der Waals surface area contributed by atoms with E-state index in [-0.39, 0.29) is 5.78 Å². The van der Waals surface area contributed by atoms with Crippen molar-refractivity contribution in [1.29, 1.82) is 0 Å². The van der Waals surface area contributed by atoms with Crippen LogP contribution in [0.25, 0.3) is 0 Å². The standard InChI is InChI=1S/C14H13BrOS2/c1-8-6-10(15)14(17-8)13(16)12-7-9-4-2-3-5-11(9)18-12/h6-7H,2-5H2,1H3. The molecule has 0 atom stereocenters. The smallest absolute Gasteiger partial charge is 0.214 e. The molecule has 1 aliphatic rings. The number of ketones is 1. The molecule has 0 aromatic carbocycles.